The van der Waals surface area contributed by atoms with Gasteiger partial charge >= 0.3 is 18.0 Å². The number of aliphatic carboxylic acids is 1. The lowest BCUT2D eigenvalue weighted by atomic mass is 9.65. The number of carboxylic acid groups (broad SMARTS) is 1. The number of carboxylic acids is 1. The third-order valence-corrected chi connectivity index (χ3v) is 11.6. The Hall–Kier alpha value is -6.78. The van der Waals surface area contributed by atoms with Crippen LogP contribution in [-0.4, -0.2) is 70.0 Å². The number of hydrogen-bond acceptors (Lipinski definition) is 9. The fraction of sp³-hybridized carbons (Fsp3) is 0.250. The number of hydrogen-bond donors (Lipinski definition) is 4. The van der Waals surface area contributed by atoms with Crippen molar-refractivity contribution in [3.8, 4) is 17.6 Å². The molecule has 3 amide bonds. The first-order chi connectivity index (χ1) is 29.2. The second kappa shape index (κ2) is 16.8. The van der Waals surface area contributed by atoms with Crippen LogP contribution >= 0.6 is 0 Å². The number of imide groups is 1. The number of para-hydroxylation sites is 1. The number of morpholine rings is 1. The molecule has 2 fully saturated rings. The Labute approximate surface area is 347 Å². The Balaban J connectivity index is 1.44. The van der Waals surface area contributed by atoms with Crippen molar-refractivity contribution in [2.24, 2.45) is 5.92 Å². The number of nitrogens with one attached hydrogen (secondary N) is 1. The number of benzene rings is 5. The van der Waals surface area contributed by atoms with E-state index in [1.807, 2.05) is 91.0 Å². The SMILES string of the molecule is CC(NC(=O)N1C(=O)C2(c3cc(C#CCCO)ccc31)C(C(=O)O)C1C(=O)OC(c3ccccc3)C(c3ccccc3)N1C2c1ccccc1OCCO)c1ccccc1. The first-order valence-electron chi connectivity index (χ1n) is 19.8. The third kappa shape index (κ3) is 6.76. The summed E-state index contributed by atoms with van der Waals surface area (Å²) in [6.45, 7) is 1.13. The van der Waals surface area contributed by atoms with Gasteiger partial charge in [-0.2, -0.15) is 0 Å². The quantitative estimate of drug-likeness (QED) is 0.0970. The van der Waals surface area contributed by atoms with E-state index in [9.17, 15) is 29.7 Å². The highest BCUT2D eigenvalue weighted by Gasteiger charge is 2.76. The van der Waals surface area contributed by atoms with Gasteiger partial charge in [0.25, 0.3) is 0 Å². The van der Waals surface area contributed by atoms with Gasteiger partial charge in [0.15, 0.2) is 0 Å². The van der Waals surface area contributed by atoms with Gasteiger partial charge < -0.3 is 30.1 Å². The van der Waals surface area contributed by atoms with E-state index in [4.69, 9.17) is 9.47 Å². The lowest BCUT2D eigenvalue weighted by Crippen LogP contribution is -2.54. The lowest BCUT2D eigenvalue weighted by molar-refractivity contribution is -0.179. The average Bonchev–Trinajstić information content (AvgIpc) is 3.73. The number of anilines is 1. The summed E-state index contributed by atoms with van der Waals surface area (Å²) in [4.78, 5) is 62.6. The van der Waals surface area contributed by atoms with E-state index in [0.29, 0.717) is 22.3 Å². The number of nitrogens with zero attached hydrogens (tertiary/aromatic N) is 2. The molecule has 12 heteroatoms. The van der Waals surface area contributed by atoms with E-state index in [1.54, 1.807) is 54.3 Å². The number of ether oxygens (including phenoxy) is 2. The summed E-state index contributed by atoms with van der Waals surface area (Å²) in [5, 5.41) is 34.0. The molecule has 1 spiro atoms. The molecule has 60 heavy (non-hydrogen) atoms. The van der Waals surface area contributed by atoms with Gasteiger partial charge in [0.1, 0.15) is 35.8 Å². The molecule has 304 valence electrons. The zero-order chi connectivity index (χ0) is 42.0. The molecule has 2 saturated heterocycles. The van der Waals surface area contributed by atoms with Crippen LogP contribution in [0.25, 0.3) is 0 Å². The second-order valence-electron chi connectivity index (χ2n) is 14.9. The number of urea groups is 1. The van der Waals surface area contributed by atoms with Crippen LogP contribution in [0.2, 0.25) is 0 Å². The van der Waals surface area contributed by atoms with Gasteiger partial charge in [-0.1, -0.05) is 121 Å². The molecule has 8 rings (SSSR count). The van der Waals surface area contributed by atoms with E-state index < -0.39 is 65.5 Å². The summed E-state index contributed by atoms with van der Waals surface area (Å²) in [6, 6.07) is 34.2. The summed E-state index contributed by atoms with van der Waals surface area (Å²) in [6.07, 6.45) is -0.808. The Bertz CT molecular complexity index is 2470. The van der Waals surface area contributed by atoms with Crippen LogP contribution < -0.4 is 15.0 Å². The number of aliphatic hydroxyl groups excluding tert-OH is 2. The van der Waals surface area contributed by atoms with E-state index in [2.05, 4.69) is 17.2 Å². The molecule has 0 bridgehead atoms. The smallest absolute Gasteiger partial charge is 0.329 e. The highest BCUT2D eigenvalue weighted by atomic mass is 16.6. The predicted octanol–water partition coefficient (Wildman–Crippen LogP) is 6.01. The highest BCUT2D eigenvalue weighted by Crippen LogP contribution is 2.66. The first-order valence-corrected chi connectivity index (χ1v) is 19.8. The molecule has 3 aliphatic heterocycles. The Morgan fingerprint density at radius 1 is 0.833 bits per heavy atom. The molecule has 7 unspecified atom stereocenters. The van der Waals surface area contributed by atoms with Crippen molar-refractivity contribution in [2.45, 2.75) is 49.0 Å². The Morgan fingerprint density at radius 3 is 2.15 bits per heavy atom. The van der Waals surface area contributed by atoms with Crippen molar-refractivity contribution in [1.82, 2.24) is 10.2 Å². The van der Waals surface area contributed by atoms with Crippen molar-refractivity contribution < 1.29 is 44.0 Å². The van der Waals surface area contributed by atoms with E-state index in [0.717, 1.165) is 10.5 Å². The van der Waals surface area contributed by atoms with Crippen LogP contribution in [0.4, 0.5) is 10.5 Å². The molecule has 0 radical (unpaired) electrons. The summed E-state index contributed by atoms with van der Waals surface area (Å²) >= 11 is 0. The standard InChI is InChI=1S/C48H43N3O9/c1-30(32-16-5-2-6-17-32)49-47(58)50-37-25-24-31(15-13-14-26-52)29-36(37)48(46(50)57)39(44(54)55)41-45(56)60-42(34-20-9-4-10-21-34)40(33-18-7-3-8-19-33)51(41)43(48)35-22-11-12-23-38(35)59-28-27-53/h2-12,16-25,29-30,39-43,52-53H,14,26-28H2,1H3,(H,49,58)(H,54,55). The van der Waals surface area contributed by atoms with E-state index >= 15 is 4.79 Å². The molecule has 7 atom stereocenters. The first kappa shape index (κ1) is 40.0. The van der Waals surface area contributed by atoms with Crippen LogP contribution in [0, 0.1) is 17.8 Å². The molecule has 12 nitrogen and oxygen atoms in total. The molecule has 3 aliphatic rings. The van der Waals surface area contributed by atoms with Crippen LogP contribution in [0.5, 0.6) is 5.75 Å². The topological polar surface area (TPSA) is 166 Å². The molecule has 4 N–H and O–H groups in total. The predicted molar refractivity (Wildman–Crippen MR) is 221 cm³/mol. The highest BCUT2D eigenvalue weighted by molar-refractivity contribution is 6.24. The maximum Gasteiger partial charge on any atom is 0.329 e. The molecule has 5 aromatic rings. The number of cyclic esters (lactones) is 1. The minimum atomic E-state index is -2.19. The van der Waals surface area contributed by atoms with Crippen molar-refractivity contribution in [3.05, 3.63) is 167 Å². The lowest BCUT2D eigenvalue weighted by Gasteiger charge is -2.46. The number of amides is 3. The van der Waals surface area contributed by atoms with Gasteiger partial charge in [-0.25, -0.2) is 9.69 Å². The van der Waals surface area contributed by atoms with Crippen LogP contribution in [-0.2, 0) is 24.5 Å². The normalized spacial score (nSPS) is 23.5. The Kier molecular flexibility index (Phi) is 11.2. The summed E-state index contributed by atoms with van der Waals surface area (Å²) < 4.78 is 12.5. The summed E-state index contributed by atoms with van der Waals surface area (Å²) in [7, 11) is 0. The monoisotopic (exact) mass is 805 g/mol. The summed E-state index contributed by atoms with van der Waals surface area (Å²) in [5.74, 6) is 1.18. The van der Waals surface area contributed by atoms with Crippen molar-refractivity contribution in [2.75, 3.05) is 24.7 Å². The zero-order valence-corrected chi connectivity index (χ0v) is 32.7. The average molecular weight is 806 g/mol. The second-order valence-corrected chi connectivity index (χ2v) is 14.9. The van der Waals surface area contributed by atoms with Crippen molar-refractivity contribution in [3.63, 3.8) is 0 Å². The fourth-order valence-corrected chi connectivity index (χ4v) is 9.22. The van der Waals surface area contributed by atoms with Gasteiger partial charge in [-0.05, 0) is 53.4 Å². The maximum absolute atomic E-state index is 16.1. The van der Waals surface area contributed by atoms with Gasteiger partial charge in [0, 0.05) is 17.5 Å². The number of carbonyl (C=O) groups excluding carboxylic acids is 3. The Morgan fingerprint density at radius 2 is 1.48 bits per heavy atom. The molecular weight excluding hydrogens is 763 g/mol. The minimum Gasteiger partial charge on any atom is -0.491 e. The van der Waals surface area contributed by atoms with Crippen LogP contribution in [0.1, 0.15) is 71.0 Å². The molecular formula is C48H43N3O9. The minimum absolute atomic E-state index is 0.125. The van der Waals surface area contributed by atoms with Gasteiger partial charge in [0.2, 0.25) is 5.91 Å². The molecule has 0 aromatic heterocycles. The van der Waals surface area contributed by atoms with Gasteiger partial charge in [0.05, 0.1) is 37.0 Å². The van der Waals surface area contributed by atoms with E-state index in [1.165, 1.54) is 0 Å². The molecule has 0 aliphatic carbocycles. The van der Waals surface area contributed by atoms with Crippen LogP contribution in [0.15, 0.2) is 133 Å². The van der Waals surface area contributed by atoms with Crippen molar-refractivity contribution in [1.29, 1.82) is 0 Å². The van der Waals surface area contributed by atoms with Crippen LogP contribution in [0.3, 0.4) is 0 Å². The number of fused-ring (bicyclic) bond motifs is 3. The number of carbonyl (C=O) groups is 4. The number of rotatable bonds is 10. The zero-order valence-electron chi connectivity index (χ0n) is 32.7. The summed E-state index contributed by atoms with van der Waals surface area (Å²) in [5.41, 5.74) is 0.967. The van der Waals surface area contributed by atoms with Gasteiger partial charge in [-0.3, -0.25) is 19.3 Å². The largest absolute Gasteiger partial charge is 0.491 e. The number of aliphatic hydroxyl groups is 2. The maximum atomic E-state index is 16.1. The van der Waals surface area contributed by atoms with Gasteiger partial charge in [-0.15, -0.1) is 0 Å². The molecule has 3 heterocycles. The molecule has 0 saturated carbocycles. The van der Waals surface area contributed by atoms with E-state index in [-0.39, 0.29) is 43.2 Å². The number of esters is 1. The van der Waals surface area contributed by atoms with Crippen molar-refractivity contribution >= 4 is 29.6 Å². The third-order valence-electron chi connectivity index (χ3n) is 11.6. The fourth-order valence-electron chi connectivity index (χ4n) is 9.22. The molecule has 5 aromatic carbocycles.